The number of nitrogen functional groups attached to an aromatic ring is 1. The molecule has 7 heteroatoms. The fourth-order valence-corrected chi connectivity index (χ4v) is 1.33. The molecule has 0 saturated carbocycles. The predicted molar refractivity (Wildman–Crippen MR) is 60.0 cm³/mol. The van der Waals surface area contributed by atoms with E-state index in [9.17, 15) is 13.6 Å². The van der Waals surface area contributed by atoms with Crippen LogP contribution in [0, 0.1) is 18.6 Å². The number of amides is 1. The van der Waals surface area contributed by atoms with Gasteiger partial charge in [0.2, 0.25) is 0 Å². The van der Waals surface area contributed by atoms with Crippen LogP contribution in [0.1, 0.15) is 16.1 Å². The van der Waals surface area contributed by atoms with Crippen LogP contribution in [0.4, 0.5) is 20.3 Å². The lowest BCUT2D eigenvalue weighted by Gasteiger charge is -2.04. The van der Waals surface area contributed by atoms with Crippen molar-refractivity contribution in [3.63, 3.8) is 0 Å². The number of nitrogens with zero attached hydrogens (tertiary/aromatic N) is 1. The largest absolute Gasteiger partial charge is 0.394 e. The van der Waals surface area contributed by atoms with E-state index in [1.807, 2.05) is 0 Å². The summed E-state index contributed by atoms with van der Waals surface area (Å²) < 4.78 is 31.1. The number of rotatable bonds is 2. The van der Waals surface area contributed by atoms with Crippen molar-refractivity contribution < 1.29 is 18.1 Å². The Balaban J connectivity index is 2.24. The Morgan fingerprint density at radius 2 is 1.94 bits per heavy atom. The summed E-state index contributed by atoms with van der Waals surface area (Å²) in [6.45, 7) is 1.64. The van der Waals surface area contributed by atoms with E-state index in [0.717, 1.165) is 12.1 Å². The van der Waals surface area contributed by atoms with Crippen molar-refractivity contribution in [1.29, 1.82) is 0 Å². The number of benzene rings is 1. The van der Waals surface area contributed by atoms with Gasteiger partial charge in [0.05, 0.1) is 0 Å². The van der Waals surface area contributed by atoms with E-state index in [4.69, 9.17) is 10.3 Å². The Bertz CT molecular complexity index is 587. The lowest BCUT2D eigenvalue weighted by molar-refractivity contribution is 0.102. The zero-order chi connectivity index (χ0) is 13.3. The summed E-state index contributed by atoms with van der Waals surface area (Å²) in [5.41, 5.74) is 4.28. The average molecular weight is 253 g/mol. The molecule has 2 rings (SSSR count). The summed E-state index contributed by atoms with van der Waals surface area (Å²) in [6.07, 6.45) is 0. The summed E-state index contributed by atoms with van der Waals surface area (Å²) in [4.78, 5) is 11.7. The zero-order valence-electron chi connectivity index (χ0n) is 9.33. The van der Waals surface area contributed by atoms with Gasteiger partial charge in [-0.05, 0) is 19.1 Å². The molecule has 0 fully saturated rings. The van der Waals surface area contributed by atoms with Gasteiger partial charge in [-0.15, -0.1) is 0 Å². The van der Waals surface area contributed by atoms with Gasteiger partial charge in [-0.1, -0.05) is 5.16 Å². The third kappa shape index (κ3) is 2.29. The minimum Gasteiger partial charge on any atom is -0.394 e. The van der Waals surface area contributed by atoms with Gasteiger partial charge in [0.25, 0.3) is 5.91 Å². The molecule has 3 N–H and O–H groups in total. The number of hydrogen-bond donors (Lipinski definition) is 2. The van der Waals surface area contributed by atoms with Crippen molar-refractivity contribution in [2.75, 3.05) is 11.1 Å². The quantitative estimate of drug-likeness (QED) is 0.803. The summed E-state index contributed by atoms with van der Waals surface area (Å²) in [5.74, 6) is -2.02. The molecular formula is C11H9F2N3O2. The van der Waals surface area contributed by atoms with Gasteiger partial charge < -0.3 is 15.6 Å². The standard InChI is InChI=1S/C11H9F2N3O2/c1-5-2-9(16-18-5)15-11(17)6-3-7(12)10(14)8(13)4-6/h2-4H,14H2,1H3,(H,15,16,17). The van der Waals surface area contributed by atoms with Crippen LogP contribution in [0.15, 0.2) is 22.7 Å². The van der Waals surface area contributed by atoms with Crippen molar-refractivity contribution in [3.05, 3.63) is 41.2 Å². The molecule has 1 amide bonds. The molecule has 18 heavy (non-hydrogen) atoms. The topological polar surface area (TPSA) is 81.2 Å². The summed E-state index contributed by atoms with van der Waals surface area (Å²) >= 11 is 0. The van der Waals surface area contributed by atoms with Crippen LogP contribution in [0.25, 0.3) is 0 Å². The number of nitrogens with one attached hydrogen (secondary N) is 1. The van der Waals surface area contributed by atoms with E-state index in [1.165, 1.54) is 6.07 Å². The smallest absolute Gasteiger partial charge is 0.257 e. The highest BCUT2D eigenvalue weighted by Crippen LogP contribution is 2.18. The fourth-order valence-electron chi connectivity index (χ4n) is 1.33. The van der Waals surface area contributed by atoms with Crippen molar-refractivity contribution >= 4 is 17.4 Å². The monoisotopic (exact) mass is 253 g/mol. The molecule has 0 unspecified atom stereocenters. The molecule has 0 radical (unpaired) electrons. The van der Waals surface area contributed by atoms with Crippen molar-refractivity contribution in [3.8, 4) is 0 Å². The molecule has 5 nitrogen and oxygen atoms in total. The molecule has 0 aliphatic rings. The van der Waals surface area contributed by atoms with Crippen molar-refractivity contribution in [1.82, 2.24) is 5.16 Å². The number of aromatic nitrogens is 1. The Morgan fingerprint density at radius 1 is 1.33 bits per heavy atom. The lowest BCUT2D eigenvalue weighted by atomic mass is 10.1. The molecule has 2 aromatic rings. The number of carbonyl (C=O) groups excluding carboxylic acids is 1. The number of aryl methyl sites for hydroxylation is 1. The molecule has 0 spiro atoms. The first-order valence-electron chi connectivity index (χ1n) is 4.96. The minimum absolute atomic E-state index is 0.162. The van der Waals surface area contributed by atoms with Gasteiger partial charge in [0.1, 0.15) is 23.1 Å². The van der Waals surface area contributed by atoms with E-state index >= 15 is 0 Å². The van der Waals surface area contributed by atoms with Gasteiger partial charge >= 0.3 is 0 Å². The van der Waals surface area contributed by atoms with Crippen molar-refractivity contribution in [2.24, 2.45) is 0 Å². The van der Waals surface area contributed by atoms with Crippen LogP contribution >= 0.6 is 0 Å². The van der Waals surface area contributed by atoms with Gasteiger partial charge in [0.15, 0.2) is 5.82 Å². The Hall–Kier alpha value is -2.44. The van der Waals surface area contributed by atoms with Gasteiger partial charge in [0, 0.05) is 11.6 Å². The highest BCUT2D eigenvalue weighted by Gasteiger charge is 2.14. The van der Waals surface area contributed by atoms with Crippen LogP contribution in [0.5, 0.6) is 0 Å². The van der Waals surface area contributed by atoms with Crippen LogP contribution in [-0.2, 0) is 0 Å². The number of halogens is 2. The molecule has 94 valence electrons. The lowest BCUT2D eigenvalue weighted by Crippen LogP contribution is -2.13. The SMILES string of the molecule is Cc1cc(NC(=O)c2cc(F)c(N)c(F)c2)no1. The Kier molecular flexibility index (Phi) is 2.97. The number of anilines is 2. The molecule has 1 aromatic heterocycles. The third-order valence-electron chi connectivity index (χ3n) is 2.21. The highest BCUT2D eigenvalue weighted by atomic mass is 19.1. The second kappa shape index (κ2) is 4.44. The van der Waals surface area contributed by atoms with Crippen LogP contribution in [-0.4, -0.2) is 11.1 Å². The number of hydrogen-bond acceptors (Lipinski definition) is 4. The molecule has 0 aliphatic heterocycles. The summed E-state index contributed by atoms with van der Waals surface area (Å²) in [5, 5.41) is 5.86. The van der Waals surface area contributed by atoms with E-state index in [1.54, 1.807) is 6.92 Å². The maximum Gasteiger partial charge on any atom is 0.257 e. The van der Waals surface area contributed by atoms with Crippen LogP contribution in [0.3, 0.4) is 0 Å². The second-order valence-corrected chi connectivity index (χ2v) is 3.63. The second-order valence-electron chi connectivity index (χ2n) is 3.63. The third-order valence-corrected chi connectivity index (χ3v) is 2.21. The van der Waals surface area contributed by atoms with E-state index in [2.05, 4.69) is 10.5 Å². The van der Waals surface area contributed by atoms with Gasteiger partial charge in [-0.25, -0.2) is 8.78 Å². The first-order valence-corrected chi connectivity index (χ1v) is 4.96. The highest BCUT2D eigenvalue weighted by molar-refractivity contribution is 6.03. The van der Waals surface area contributed by atoms with Crippen molar-refractivity contribution in [2.45, 2.75) is 6.92 Å². The molecule has 1 aromatic carbocycles. The van der Waals surface area contributed by atoms with Gasteiger partial charge in [-0.2, -0.15) is 0 Å². The molecule has 0 atom stereocenters. The molecule has 1 heterocycles. The molecule has 0 saturated heterocycles. The average Bonchev–Trinajstić information content (AvgIpc) is 2.71. The maximum atomic E-state index is 13.2. The number of carbonyl (C=O) groups is 1. The molecule has 0 aliphatic carbocycles. The normalized spacial score (nSPS) is 10.4. The van der Waals surface area contributed by atoms with Gasteiger partial charge in [-0.3, -0.25) is 4.79 Å². The maximum absolute atomic E-state index is 13.2. The number of nitrogens with two attached hydrogens (primary N) is 1. The minimum atomic E-state index is -0.989. The molecular weight excluding hydrogens is 244 g/mol. The first kappa shape index (κ1) is 12.0. The van der Waals surface area contributed by atoms with Crippen LogP contribution < -0.4 is 11.1 Å². The summed E-state index contributed by atoms with van der Waals surface area (Å²) in [6, 6.07) is 3.17. The van der Waals surface area contributed by atoms with E-state index < -0.39 is 23.2 Å². The Morgan fingerprint density at radius 3 is 2.44 bits per heavy atom. The fraction of sp³-hybridized carbons (Fsp3) is 0.0909. The Labute approximate surface area is 101 Å². The predicted octanol–water partition coefficient (Wildman–Crippen LogP) is 2.10. The van der Waals surface area contributed by atoms with E-state index in [0.29, 0.717) is 5.76 Å². The summed E-state index contributed by atoms with van der Waals surface area (Å²) in [7, 11) is 0. The molecule has 0 bridgehead atoms. The first-order chi connectivity index (χ1) is 8.47. The van der Waals surface area contributed by atoms with Crippen LogP contribution in [0.2, 0.25) is 0 Å². The zero-order valence-corrected chi connectivity index (χ0v) is 9.33. The van der Waals surface area contributed by atoms with E-state index in [-0.39, 0.29) is 11.4 Å².